The van der Waals surface area contributed by atoms with Gasteiger partial charge in [0.2, 0.25) is 0 Å². The Hall–Kier alpha value is 2.17. The van der Waals surface area contributed by atoms with Crippen LogP contribution in [0.2, 0.25) is 78.6 Å². The first kappa shape index (κ1) is 34.2. The van der Waals surface area contributed by atoms with E-state index in [0.717, 1.165) is 13.2 Å². The van der Waals surface area contributed by atoms with Gasteiger partial charge in [-0.05, 0) is 73.5 Å². The monoisotopic (exact) mass is 642 g/mol. The van der Waals surface area contributed by atoms with E-state index in [-0.39, 0.29) is 40.4 Å². The minimum absolute atomic E-state index is 0. The molecule has 0 unspecified atom stereocenters. The van der Waals surface area contributed by atoms with Gasteiger partial charge in [-0.2, -0.15) is 0 Å². The van der Waals surface area contributed by atoms with Crippen molar-refractivity contribution in [1.29, 1.82) is 0 Å². The summed E-state index contributed by atoms with van der Waals surface area (Å²) in [6.45, 7) is 31.0. The van der Waals surface area contributed by atoms with Gasteiger partial charge < -0.3 is 4.74 Å². The van der Waals surface area contributed by atoms with Crippen LogP contribution in [0, 0.1) is 101 Å². The van der Waals surface area contributed by atoms with Gasteiger partial charge >= 0.3 is 0 Å². The molecule has 32 heavy (non-hydrogen) atoms. The van der Waals surface area contributed by atoms with E-state index >= 15 is 0 Å². The average molecular weight is 641 g/mol. The molecule has 2 saturated carbocycles. The van der Waals surface area contributed by atoms with Crippen LogP contribution >= 0.6 is 0 Å². The molecule has 0 aromatic carbocycles. The Kier molecular flexibility index (Phi) is 15.2. The Morgan fingerprint density at radius 2 is 0.688 bits per heavy atom. The minimum atomic E-state index is -1.07. The molecule has 0 spiro atoms. The van der Waals surface area contributed by atoms with Crippen LogP contribution in [0.5, 0.6) is 0 Å². The Morgan fingerprint density at radius 1 is 0.469 bits per heavy atom. The maximum Gasteiger partial charge on any atom is 0.0516 e. The molecule has 1 saturated heterocycles. The summed E-state index contributed by atoms with van der Waals surface area (Å²) in [5.74, 6) is 0. The largest absolute Gasteiger partial charge is 0.381 e. The molecule has 2 aliphatic carbocycles. The number of rotatable bonds is 4. The number of hydrogen-bond donors (Lipinski definition) is 0. The molecule has 0 bridgehead atoms. The normalized spacial score (nSPS) is 22.1. The molecule has 1 aliphatic heterocycles. The van der Waals surface area contributed by atoms with E-state index < -0.39 is 32.3 Å². The van der Waals surface area contributed by atoms with Crippen molar-refractivity contribution < 1.29 is 45.1 Å². The predicted molar refractivity (Wildman–Crippen MR) is 152 cm³/mol. The van der Waals surface area contributed by atoms with Crippen LogP contribution in [-0.2, 0) is 4.74 Å². The molecule has 1 nitrogen and oxygen atoms in total. The Labute approximate surface area is 240 Å². The molecule has 0 aromatic heterocycles. The fourth-order valence-corrected chi connectivity index (χ4v) is 8.24. The van der Waals surface area contributed by atoms with Crippen molar-refractivity contribution in [1.82, 2.24) is 0 Å². The predicted octanol–water partition coefficient (Wildman–Crippen LogP) is 7.83. The van der Waals surface area contributed by atoms with Crippen LogP contribution in [-0.4, -0.2) is 45.5 Å². The van der Waals surface area contributed by atoms with Crippen LogP contribution in [0.1, 0.15) is 12.8 Å². The van der Waals surface area contributed by atoms with E-state index in [1.807, 2.05) is 0 Å². The molecule has 10 radical (unpaired) electrons. The third-order valence-electron chi connectivity index (χ3n) is 5.80. The van der Waals surface area contributed by atoms with Gasteiger partial charge in [0.05, 0.1) is 32.3 Å². The molecule has 6 heteroatoms. The first-order valence-corrected chi connectivity index (χ1v) is 26.1. The van der Waals surface area contributed by atoms with Gasteiger partial charge in [0.1, 0.15) is 0 Å². The zero-order valence-corrected chi connectivity index (χ0v) is 29.7. The molecule has 0 amide bonds. The Bertz CT molecular complexity index is 420. The zero-order valence-electron chi connectivity index (χ0n) is 23.1. The zero-order chi connectivity index (χ0) is 24.1. The van der Waals surface area contributed by atoms with Gasteiger partial charge in [0, 0.05) is 53.6 Å². The van der Waals surface area contributed by atoms with Gasteiger partial charge in [-0.1, -0.05) is 78.6 Å². The molecule has 3 fully saturated rings. The summed E-state index contributed by atoms with van der Waals surface area (Å²) in [6.07, 6.45) is 16.9. The van der Waals surface area contributed by atoms with Crippen molar-refractivity contribution in [3.8, 4) is 0 Å². The summed E-state index contributed by atoms with van der Waals surface area (Å²) in [7, 11) is -4.28. The second kappa shape index (κ2) is 14.2. The van der Waals surface area contributed by atoms with Crippen molar-refractivity contribution in [2.75, 3.05) is 13.2 Å². The van der Waals surface area contributed by atoms with Gasteiger partial charge in [0.25, 0.3) is 0 Å². The third kappa shape index (κ3) is 12.9. The third-order valence-corrected chi connectivity index (χ3v) is 14.0. The summed E-state index contributed by atoms with van der Waals surface area (Å²) in [6, 6.07) is 0. The van der Waals surface area contributed by atoms with E-state index in [0.29, 0.717) is 0 Å². The molecular formula is C26H50OSi4Sm. The van der Waals surface area contributed by atoms with Crippen molar-refractivity contribution in [3.63, 3.8) is 0 Å². The molecule has 182 valence electrons. The second-order valence-corrected chi connectivity index (χ2v) is 33.4. The van der Waals surface area contributed by atoms with Crippen molar-refractivity contribution >= 4 is 32.3 Å². The minimum Gasteiger partial charge on any atom is -0.381 e. The molecule has 0 aromatic rings. The summed E-state index contributed by atoms with van der Waals surface area (Å²) in [5.41, 5.74) is 6.46. The van der Waals surface area contributed by atoms with Gasteiger partial charge in [-0.3, -0.25) is 0 Å². The standard InChI is InChI=1S/2C11H21Si2.C4H8O.Sm/c2*1-12(2,3)10-7-8-11(9-10)13(4,5)6;1-2-4-5-3-1;/h2*7-9H,1-6H3;1-4H2;. The fraction of sp³-hybridized carbons (Fsp3) is 0.615. The maximum atomic E-state index is 4.94. The van der Waals surface area contributed by atoms with Crippen LogP contribution in [0.15, 0.2) is 0 Å². The van der Waals surface area contributed by atoms with Crippen LogP contribution in [0.3, 0.4) is 0 Å². The summed E-state index contributed by atoms with van der Waals surface area (Å²) >= 11 is 0. The number of hydrogen-bond acceptors (Lipinski definition) is 1. The second-order valence-electron chi connectivity index (χ2n) is 13.1. The van der Waals surface area contributed by atoms with E-state index in [1.165, 1.54) is 12.8 Å². The SMILES string of the molecule is C1CCOC1.C[Si](C)(C)[C]1[CH][CH][C]([Si](C)(C)C)[CH]1.C[Si](C)(C)[C]1[CH][CH][C]([Si](C)(C)C)[CH]1.[Sm]. The summed E-state index contributed by atoms with van der Waals surface area (Å²) in [4.78, 5) is 0. The molecule has 3 rings (SSSR count). The van der Waals surface area contributed by atoms with Crippen molar-refractivity contribution in [3.05, 3.63) is 60.7 Å². The van der Waals surface area contributed by atoms with Crippen molar-refractivity contribution in [2.45, 2.75) is 91.4 Å². The topological polar surface area (TPSA) is 9.23 Å². The summed E-state index contributed by atoms with van der Waals surface area (Å²) < 4.78 is 4.94. The van der Waals surface area contributed by atoms with Gasteiger partial charge in [-0.15, -0.1) is 0 Å². The number of ether oxygens (including phenoxy) is 1. The molecule has 0 N–H and O–H groups in total. The van der Waals surface area contributed by atoms with Crippen LogP contribution < -0.4 is 0 Å². The molecule has 1 heterocycles. The van der Waals surface area contributed by atoms with Crippen LogP contribution in [0.25, 0.3) is 0 Å². The molecule has 0 atom stereocenters. The molecular weight excluding hydrogens is 591 g/mol. The van der Waals surface area contributed by atoms with E-state index in [2.05, 4.69) is 117 Å². The van der Waals surface area contributed by atoms with E-state index in [9.17, 15) is 0 Å². The summed E-state index contributed by atoms with van der Waals surface area (Å²) in [5, 5.41) is 0. The van der Waals surface area contributed by atoms with E-state index in [1.54, 1.807) is 22.2 Å². The fourth-order valence-electron chi connectivity index (χ4n) is 3.26. The van der Waals surface area contributed by atoms with Gasteiger partial charge in [0.15, 0.2) is 0 Å². The van der Waals surface area contributed by atoms with E-state index in [4.69, 9.17) is 4.74 Å². The van der Waals surface area contributed by atoms with Crippen molar-refractivity contribution in [2.24, 2.45) is 0 Å². The molecule has 3 aliphatic rings. The first-order chi connectivity index (χ1) is 13.9. The maximum absolute atomic E-state index is 4.94. The van der Waals surface area contributed by atoms with Gasteiger partial charge in [-0.25, -0.2) is 0 Å². The smallest absolute Gasteiger partial charge is 0.0516 e. The Balaban J connectivity index is 0.000000482. The Morgan fingerprint density at radius 3 is 0.781 bits per heavy atom. The van der Waals surface area contributed by atoms with Crippen LogP contribution in [0.4, 0.5) is 0 Å². The first-order valence-electron chi connectivity index (χ1n) is 12.1. The quantitative estimate of drug-likeness (QED) is 0.285. The average Bonchev–Trinajstić information content (AvgIpc) is 3.33.